The zero-order valence-corrected chi connectivity index (χ0v) is 14.1. The standard InChI is InChI=1S/C15H26N2O2S/c1-12-7-8-14(9-13(12)10-16-5)20(18,19)17(6)11-15(2,3)4/h7-9,16H,10-11H2,1-6H3. The SMILES string of the molecule is CNCc1cc(S(=O)(=O)N(C)CC(C)(C)C)ccc1C. The Morgan fingerprint density at radius 1 is 1.25 bits per heavy atom. The van der Waals surface area contributed by atoms with Crippen molar-refractivity contribution in [3.63, 3.8) is 0 Å². The predicted molar refractivity (Wildman–Crippen MR) is 83.2 cm³/mol. The van der Waals surface area contributed by atoms with Gasteiger partial charge in [-0.05, 0) is 42.6 Å². The molecule has 0 unspecified atom stereocenters. The van der Waals surface area contributed by atoms with Gasteiger partial charge >= 0.3 is 0 Å². The topological polar surface area (TPSA) is 49.4 Å². The van der Waals surface area contributed by atoms with Crippen LogP contribution in [0.1, 0.15) is 31.9 Å². The zero-order chi connectivity index (χ0) is 15.6. The van der Waals surface area contributed by atoms with Crippen LogP contribution in [-0.4, -0.2) is 33.4 Å². The minimum absolute atomic E-state index is 0.0691. The monoisotopic (exact) mass is 298 g/mol. The molecule has 1 aromatic rings. The van der Waals surface area contributed by atoms with Gasteiger partial charge in [0, 0.05) is 20.1 Å². The molecule has 1 rings (SSSR count). The van der Waals surface area contributed by atoms with Gasteiger partial charge in [-0.15, -0.1) is 0 Å². The molecule has 0 spiro atoms. The van der Waals surface area contributed by atoms with E-state index in [2.05, 4.69) is 5.32 Å². The fourth-order valence-corrected chi connectivity index (χ4v) is 3.57. The van der Waals surface area contributed by atoms with Crippen molar-refractivity contribution in [3.8, 4) is 0 Å². The van der Waals surface area contributed by atoms with Gasteiger partial charge in [-0.1, -0.05) is 26.8 Å². The molecule has 0 atom stereocenters. The van der Waals surface area contributed by atoms with E-state index in [0.717, 1.165) is 11.1 Å². The summed E-state index contributed by atoms with van der Waals surface area (Å²) in [6.45, 7) is 9.23. The molecule has 0 aliphatic carbocycles. The van der Waals surface area contributed by atoms with Gasteiger partial charge in [0.05, 0.1) is 4.90 Å². The second kappa shape index (κ2) is 6.24. The van der Waals surface area contributed by atoms with Crippen LogP contribution in [0.4, 0.5) is 0 Å². The lowest BCUT2D eigenvalue weighted by atomic mass is 9.97. The summed E-state index contributed by atoms with van der Waals surface area (Å²) in [6.07, 6.45) is 0. The summed E-state index contributed by atoms with van der Waals surface area (Å²) >= 11 is 0. The highest BCUT2D eigenvalue weighted by atomic mass is 32.2. The van der Waals surface area contributed by atoms with Crippen LogP contribution in [0.2, 0.25) is 0 Å². The third kappa shape index (κ3) is 4.30. The largest absolute Gasteiger partial charge is 0.316 e. The quantitative estimate of drug-likeness (QED) is 0.908. The van der Waals surface area contributed by atoms with Crippen LogP contribution in [0, 0.1) is 12.3 Å². The van der Waals surface area contributed by atoms with E-state index in [0.29, 0.717) is 18.0 Å². The molecule has 0 bridgehead atoms. The average molecular weight is 298 g/mol. The van der Waals surface area contributed by atoms with Crippen molar-refractivity contribution in [2.75, 3.05) is 20.6 Å². The van der Waals surface area contributed by atoms with Gasteiger partial charge in [0.2, 0.25) is 10.0 Å². The number of nitrogens with one attached hydrogen (secondary N) is 1. The van der Waals surface area contributed by atoms with E-state index in [4.69, 9.17) is 0 Å². The molecule has 0 fully saturated rings. The lowest BCUT2D eigenvalue weighted by Gasteiger charge is -2.26. The summed E-state index contributed by atoms with van der Waals surface area (Å²) in [6, 6.07) is 5.31. The van der Waals surface area contributed by atoms with E-state index in [1.165, 1.54) is 4.31 Å². The molecule has 5 heteroatoms. The third-order valence-corrected chi connectivity index (χ3v) is 4.89. The van der Waals surface area contributed by atoms with Crippen LogP contribution in [0.25, 0.3) is 0 Å². The lowest BCUT2D eigenvalue weighted by Crippen LogP contribution is -2.34. The predicted octanol–water partition coefficient (Wildman–Crippen LogP) is 2.38. The van der Waals surface area contributed by atoms with E-state index < -0.39 is 10.0 Å². The smallest absolute Gasteiger partial charge is 0.242 e. The first-order valence-corrected chi connectivity index (χ1v) is 8.22. The van der Waals surface area contributed by atoms with Gasteiger partial charge in [-0.25, -0.2) is 12.7 Å². The molecule has 0 aliphatic heterocycles. The van der Waals surface area contributed by atoms with Gasteiger partial charge in [0.1, 0.15) is 0 Å². The van der Waals surface area contributed by atoms with E-state index in [1.54, 1.807) is 19.2 Å². The molecule has 20 heavy (non-hydrogen) atoms. The van der Waals surface area contributed by atoms with Crippen molar-refractivity contribution < 1.29 is 8.42 Å². The minimum Gasteiger partial charge on any atom is -0.316 e. The normalized spacial score (nSPS) is 12.9. The Morgan fingerprint density at radius 2 is 1.85 bits per heavy atom. The Hall–Kier alpha value is -0.910. The molecular formula is C15H26N2O2S. The number of aryl methyl sites for hydroxylation is 1. The van der Waals surface area contributed by atoms with Crippen molar-refractivity contribution in [3.05, 3.63) is 29.3 Å². The van der Waals surface area contributed by atoms with Crippen molar-refractivity contribution >= 4 is 10.0 Å². The maximum Gasteiger partial charge on any atom is 0.242 e. The molecule has 0 radical (unpaired) electrons. The Bertz CT molecular complexity index is 560. The fourth-order valence-electron chi connectivity index (χ4n) is 2.12. The summed E-state index contributed by atoms with van der Waals surface area (Å²) in [5.41, 5.74) is 2.04. The molecule has 0 aliphatic rings. The Morgan fingerprint density at radius 3 is 2.35 bits per heavy atom. The first-order valence-electron chi connectivity index (χ1n) is 6.78. The van der Waals surface area contributed by atoms with E-state index >= 15 is 0 Å². The van der Waals surface area contributed by atoms with E-state index in [9.17, 15) is 8.42 Å². The summed E-state index contributed by atoms with van der Waals surface area (Å²) in [4.78, 5) is 0.361. The molecule has 0 heterocycles. The van der Waals surface area contributed by atoms with Crippen molar-refractivity contribution in [2.24, 2.45) is 5.41 Å². The molecule has 114 valence electrons. The highest BCUT2D eigenvalue weighted by molar-refractivity contribution is 7.89. The van der Waals surface area contributed by atoms with Crippen LogP contribution < -0.4 is 5.32 Å². The number of benzene rings is 1. The molecule has 0 saturated carbocycles. The fraction of sp³-hybridized carbons (Fsp3) is 0.600. The highest BCUT2D eigenvalue weighted by Gasteiger charge is 2.25. The highest BCUT2D eigenvalue weighted by Crippen LogP contribution is 2.22. The lowest BCUT2D eigenvalue weighted by molar-refractivity contribution is 0.311. The van der Waals surface area contributed by atoms with Gasteiger partial charge in [-0.2, -0.15) is 0 Å². The number of rotatable bonds is 5. The van der Waals surface area contributed by atoms with Crippen molar-refractivity contribution in [1.82, 2.24) is 9.62 Å². The Balaban J connectivity index is 3.12. The molecule has 4 nitrogen and oxygen atoms in total. The van der Waals surface area contributed by atoms with Crippen LogP contribution >= 0.6 is 0 Å². The number of hydrogen-bond acceptors (Lipinski definition) is 3. The summed E-state index contributed by atoms with van der Waals surface area (Å²) in [5.74, 6) is 0. The van der Waals surface area contributed by atoms with Gasteiger partial charge < -0.3 is 5.32 Å². The van der Waals surface area contributed by atoms with Gasteiger partial charge in [-0.3, -0.25) is 0 Å². The molecular weight excluding hydrogens is 272 g/mol. The molecule has 0 saturated heterocycles. The second-order valence-corrected chi connectivity index (χ2v) is 8.49. The molecule has 0 aromatic heterocycles. The number of sulfonamides is 1. The van der Waals surface area contributed by atoms with Crippen LogP contribution in [0.3, 0.4) is 0 Å². The first-order chi connectivity index (χ1) is 9.08. The minimum atomic E-state index is -3.42. The van der Waals surface area contributed by atoms with Crippen molar-refractivity contribution in [1.29, 1.82) is 0 Å². The van der Waals surface area contributed by atoms with E-state index in [-0.39, 0.29) is 5.41 Å². The van der Waals surface area contributed by atoms with Crippen LogP contribution in [0.15, 0.2) is 23.1 Å². The summed E-state index contributed by atoms with van der Waals surface area (Å²) in [5, 5.41) is 3.06. The van der Waals surface area contributed by atoms with Gasteiger partial charge in [0.25, 0.3) is 0 Å². The third-order valence-electron chi connectivity index (χ3n) is 3.09. The van der Waals surface area contributed by atoms with Gasteiger partial charge in [0.15, 0.2) is 0 Å². The van der Waals surface area contributed by atoms with Crippen LogP contribution in [-0.2, 0) is 16.6 Å². The van der Waals surface area contributed by atoms with Crippen molar-refractivity contribution in [2.45, 2.75) is 39.1 Å². The number of nitrogens with zero attached hydrogens (tertiary/aromatic N) is 1. The average Bonchev–Trinajstić information content (AvgIpc) is 2.29. The van der Waals surface area contributed by atoms with Crippen LogP contribution in [0.5, 0.6) is 0 Å². The summed E-state index contributed by atoms with van der Waals surface area (Å²) < 4.78 is 26.6. The molecule has 1 aromatic carbocycles. The maximum absolute atomic E-state index is 12.6. The van der Waals surface area contributed by atoms with E-state index in [1.807, 2.05) is 40.8 Å². The zero-order valence-electron chi connectivity index (χ0n) is 13.3. The maximum atomic E-state index is 12.6. The number of hydrogen-bond donors (Lipinski definition) is 1. The molecule has 1 N–H and O–H groups in total. The summed E-state index contributed by atoms with van der Waals surface area (Å²) in [7, 11) is 0.0664. The molecule has 0 amide bonds. The Kier molecular flexibility index (Phi) is 5.35. The Labute approximate surface area is 123 Å². The second-order valence-electron chi connectivity index (χ2n) is 6.44. The first kappa shape index (κ1) is 17.1.